The molecule has 0 saturated carbocycles. The molecule has 0 aromatic heterocycles. The lowest BCUT2D eigenvalue weighted by Gasteiger charge is -2.34. The molecule has 0 aliphatic carbocycles. The Hall–Kier alpha value is -2.99. The van der Waals surface area contributed by atoms with Crippen molar-refractivity contribution >= 4 is 17.6 Å². The predicted octanol–water partition coefficient (Wildman–Crippen LogP) is 3.16. The van der Waals surface area contributed by atoms with Gasteiger partial charge >= 0.3 is 12.1 Å². The number of methoxy groups -OCH3 is 1. The van der Waals surface area contributed by atoms with Gasteiger partial charge in [-0.05, 0) is 53.9 Å². The number of aliphatic hydroxyl groups is 1. The number of rotatable bonds is 7. The fourth-order valence-corrected chi connectivity index (χ4v) is 5.26. The number of nitrogens with zero attached hydrogens (tertiary/aromatic N) is 3. The summed E-state index contributed by atoms with van der Waals surface area (Å²) in [6, 6.07) is 9.17. The van der Waals surface area contributed by atoms with Gasteiger partial charge in [0, 0.05) is 63.6 Å². The van der Waals surface area contributed by atoms with E-state index in [1.807, 2.05) is 29.8 Å². The molecule has 0 bridgehead atoms. The van der Waals surface area contributed by atoms with Crippen molar-refractivity contribution in [3.63, 3.8) is 0 Å². The lowest BCUT2D eigenvalue weighted by atomic mass is 9.89. The molecule has 1 saturated heterocycles. The molecule has 2 atom stereocenters. The summed E-state index contributed by atoms with van der Waals surface area (Å²) in [6.45, 7) is 6.33. The van der Waals surface area contributed by atoms with Crippen LogP contribution >= 0.6 is 0 Å². The molecule has 2 aliphatic rings. The summed E-state index contributed by atoms with van der Waals surface area (Å²) < 4.78 is 46.4. The highest BCUT2D eigenvalue weighted by Crippen LogP contribution is 2.35. The Kier molecular flexibility index (Phi) is 8.95. The van der Waals surface area contributed by atoms with Crippen LogP contribution in [0.25, 0.3) is 0 Å². The molecule has 0 spiro atoms. The number of β-amino-alcohol motifs (C(OH)–C–C–N with tert-alkyl or cyclic N) is 1. The molecule has 2 aliphatic heterocycles. The summed E-state index contributed by atoms with van der Waals surface area (Å²) in [5, 5.41) is 12.7. The molecule has 2 aromatic carbocycles. The van der Waals surface area contributed by atoms with Crippen LogP contribution in [0.4, 0.5) is 18.9 Å². The van der Waals surface area contributed by atoms with Gasteiger partial charge in [-0.1, -0.05) is 19.1 Å². The van der Waals surface area contributed by atoms with E-state index >= 15 is 0 Å². The summed E-state index contributed by atoms with van der Waals surface area (Å²) in [7, 11) is 3.20. The van der Waals surface area contributed by atoms with Crippen LogP contribution in [0, 0.1) is 0 Å². The van der Waals surface area contributed by atoms with E-state index in [0.717, 1.165) is 30.3 Å². The number of likely N-dealkylation sites (N-methyl/N-ethyl adjacent to an activating group) is 1. The number of esters is 1. The number of alkyl halides is 3. The molecule has 1 fully saturated rings. The smallest absolute Gasteiger partial charge is 0.416 e. The third-order valence-corrected chi connectivity index (χ3v) is 7.43. The van der Waals surface area contributed by atoms with Crippen LogP contribution in [0.5, 0.6) is 0 Å². The molecule has 1 amide bonds. The van der Waals surface area contributed by atoms with Crippen molar-refractivity contribution in [1.29, 1.82) is 0 Å². The normalized spacial score (nSPS) is 19.8. The average Bonchev–Trinajstić information content (AvgIpc) is 2.89. The van der Waals surface area contributed by atoms with Gasteiger partial charge in [0.05, 0.1) is 12.7 Å². The van der Waals surface area contributed by atoms with Crippen LogP contribution in [0.1, 0.15) is 45.5 Å². The third kappa shape index (κ3) is 7.16. The number of aliphatic hydroxyl groups excluding tert-OH is 1. The lowest BCUT2D eigenvalue weighted by molar-refractivity contribution is -0.151. The number of piperazine rings is 1. The zero-order valence-corrected chi connectivity index (χ0v) is 22.4. The van der Waals surface area contributed by atoms with Gasteiger partial charge in [-0.2, -0.15) is 13.2 Å². The number of anilines is 1. The maximum atomic E-state index is 13.9. The number of amides is 1. The minimum atomic E-state index is -4.55. The van der Waals surface area contributed by atoms with E-state index in [1.165, 1.54) is 19.2 Å². The van der Waals surface area contributed by atoms with Crippen LogP contribution in [-0.4, -0.2) is 91.2 Å². The van der Waals surface area contributed by atoms with Crippen LogP contribution in [0.2, 0.25) is 0 Å². The summed E-state index contributed by atoms with van der Waals surface area (Å²) in [5.74, 6) is -1.13. The zero-order chi connectivity index (χ0) is 28.3. The summed E-state index contributed by atoms with van der Waals surface area (Å²) in [5.41, 5.74) is 1.72. The SMILES string of the molecule is COC(=O)C(O)CN1Cc2cc(C(=O)Nc3ccc(CN4CCN(C)CC4)c(C(F)(F)F)c3)ccc2[C@@H](C)C1. The molecule has 39 heavy (non-hydrogen) atoms. The molecule has 8 nitrogen and oxygen atoms in total. The molecule has 2 aromatic rings. The molecular weight excluding hydrogens is 513 g/mol. The Labute approximate surface area is 226 Å². The molecule has 0 radical (unpaired) electrons. The van der Waals surface area contributed by atoms with Crippen molar-refractivity contribution in [2.45, 2.75) is 38.2 Å². The molecule has 11 heteroatoms. The maximum Gasteiger partial charge on any atom is 0.416 e. The second kappa shape index (κ2) is 12.0. The van der Waals surface area contributed by atoms with Crippen LogP contribution in [0.15, 0.2) is 36.4 Å². The van der Waals surface area contributed by atoms with Gasteiger partial charge in [0.15, 0.2) is 6.10 Å². The Balaban J connectivity index is 1.48. The Morgan fingerprint density at radius 2 is 1.82 bits per heavy atom. The first-order valence-electron chi connectivity index (χ1n) is 13.0. The first-order valence-corrected chi connectivity index (χ1v) is 13.0. The molecule has 1 unspecified atom stereocenters. The minimum absolute atomic E-state index is 0.0726. The van der Waals surface area contributed by atoms with Crippen molar-refractivity contribution in [1.82, 2.24) is 14.7 Å². The molecular formula is C28H35F3N4O4. The fraction of sp³-hybridized carbons (Fsp3) is 0.500. The van der Waals surface area contributed by atoms with E-state index in [0.29, 0.717) is 31.7 Å². The largest absolute Gasteiger partial charge is 0.467 e. The number of carbonyl (C=O) groups is 2. The standard InChI is InChI=1S/C28H35F3N4O4/c1-18-14-35(17-25(36)27(38)39-3)16-21-12-19(5-7-23(18)21)26(37)32-22-6-4-20(24(13-22)28(29,30)31)15-34-10-8-33(2)9-11-34/h4-7,12-13,18,25,36H,8-11,14-17H2,1-3H3,(H,32,37)/t18-,25?/m0/s1. The highest BCUT2D eigenvalue weighted by molar-refractivity contribution is 6.04. The molecule has 2 heterocycles. The van der Waals surface area contributed by atoms with Gasteiger partial charge in [0.2, 0.25) is 0 Å². The van der Waals surface area contributed by atoms with Gasteiger partial charge < -0.3 is 20.1 Å². The maximum absolute atomic E-state index is 13.9. The second-order valence-corrected chi connectivity index (χ2v) is 10.5. The van der Waals surface area contributed by atoms with E-state index < -0.39 is 29.7 Å². The summed E-state index contributed by atoms with van der Waals surface area (Å²) in [4.78, 5) is 30.7. The fourth-order valence-electron chi connectivity index (χ4n) is 5.26. The van der Waals surface area contributed by atoms with Gasteiger partial charge in [0.25, 0.3) is 5.91 Å². The van der Waals surface area contributed by atoms with Crippen molar-refractivity contribution in [2.75, 3.05) is 58.7 Å². The van der Waals surface area contributed by atoms with E-state index in [2.05, 4.69) is 15.0 Å². The van der Waals surface area contributed by atoms with E-state index in [4.69, 9.17) is 0 Å². The average molecular weight is 549 g/mol. The second-order valence-electron chi connectivity index (χ2n) is 10.5. The van der Waals surface area contributed by atoms with Gasteiger partial charge in [-0.25, -0.2) is 4.79 Å². The van der Waals surface area contributed by atoms with Crippen molar-refractivity contribution in [3.8, 4) is 0 Å². The number of halogens is 3. The number of carbonyl (C=O) groups excluding carboxylic acids is 2. The van der Waals surface area contributed by atoms with Gasteiger partial charge in [0.1, 0.15) is 0 Å². The number of fused-ring (bicyclic) bond motifs is 1. The van der Waals surface area contributed by atoms with Crippen molar-refractivity contribution in [3.05, 3.63) is 64.2 Å². The predicted molar refractivity (Wildman–Crippen MR) is 140 cm³/mol. The van der Waals surface area contributed by atoms with Crippen LogP contribution in [0.3, 0.4) is 0 Å². The summed E-state index contributed by atoms with van der Waals surface area (Å²) >= 11 is 0. The van der Waals surface area contributed by atoms with E-state index in [1.54, 1.807) is 12.1 Å². The first kappa shape index (κ1) is 29.0. The summed E-state index contributed by atoms with van der Waals surface area (Å²) in [6.07, 6.45) is -5.83. The monoisotopic (exact) mass is 548 g/mol. The van der Waals surface area contributed by atoms with E-state index in [-0.39, 0.29) is 30.3 Å². The Morgan fingerprint density at radius 1 is 1.10 bits per heavy atom. The number of hydrogen-bond acceptors (Lipinski definition) is 7. The van der Waals surface area contributed by atoms with Crippen LogP contribution in [-0.2, 0) is 28.8 Å². The number of nitrogens with one attached hydrogen (secondary N) is 1. The first-order chi connectivity index (χ1) is 18.4. The number of hydrogen-bond donors (Lipinski definition) is 2. The Bertz CT molecular complexity index is 1200. The lowest BCUT2D eigenvalue weighted by Crippen LogP contribution is -2.44. The van der Waals surface area contributed by atoms with Crippen LogP contribution < -0.4 is 5.32 Å². The minimum Gasteiger partial charge on any atom is -0.467 e. The number of ether oxygens (including phenoxy) is 1. The van der Waals surface area contributed by atoms with Crippen molar-refractivity contribution in [2.24, 2.45) is 0 Å². The Morgan fingerprint density at radius 3 is 2.49 bits per heavy atom. The van der Waals surface area contributed by atoms with Crippen molar-refractivity contribution < 1.29 is 32.6 Å². The zero-order valence-electron chi connectivity index (χ0n) is 22.4. The van der Waals surface area contributed by atoms with E-state index in [9.17, 15) is 27.9 Å². The highest BCUT2D eigenvalue weighted by atomic mass is 19.4. The number of benzene rings is 2. The molecule has 2 N–H and O–H groups in total. The van der Waals surface area contributed by atoms with Gasteiger partial charge in [-0.3, -0.25) is 14.6 Å². The topological polar surface area (TPSA) is 85.3 Å². The van der Waals surface area contributed by atoms with Gasteiger partial charge in [-0.15, -0.1) is 0 Å². The quantitative estimate of drug-likeness (QED) is 0.515. The highest BCUT2D eigenvalue weighted by Gasteiger charge is 2.34. The molecule has 4 rings (SSSR count). The third-order valence-electron chi connectivity index (χ3n) is 7.43. The molecule has 212 valence electrons.